The minimum atomic E-state index is -0.722. The van der Waals surface area contributed by atoms with Gasteiger partial charge in [0, 0.05) is 13.1 Å². The van der Waals surface area contributed by atoms with Crippen LogP contribution in [0.4, 0.5) is 0 Å². The number of rotatable bonds is 6. The smallest absolute Gasteiger partial charge is 0.307 e. The van der Waals surface area contributed by atoms with E-state index in [1.165, 1.54) is 16.7 Å². The van der Waals surface area contributed by atoms with Crippen LogP contribution in [0, 0.1) is 19.8 Å². The molecule has 0 saturated heterocycles. The van der Waals surface area contributed by atoms with Crippen LogP contribution in [-0.2, 0) is 11.3 Å². The molecule has 0 aromatic heterocycles. The Hall–Kier alpha value is -1.35. The van der Waals surface area contributed by atoms with E-state index in [-0.39, 0.29) is 5.92 Å². The van der Waals surface area contributed by atoms with Gasteiger partial charge >= 0.3 is 5.97 Å². The summed E-state index contributed by atoms with van der Waals surface area (Å²) in [4.78, 5) is 10.8. The lowest BCUT2D eigenvalue weighted by atomic mass is 10.1. The van der Waals surface area contributed by atoms with E-state index >= 15 is 0 Å². The van der Waals surface area contributed by atoms with Gasteiger partial charge in [-0.3, -0.25) is 4.79 Å². The van der Waals surface area contributed by atoms with Crippen LogP contribution in [0.15, 0.2) is 18.2 Å². The first kappa shape index (κ1) is 13.7. The summed E-state index contributed by atoms with van der Waals surface area (Å²) in [6.45, 7) is 7.33. The van der Waals surface area contributed by atoms with E-state index in [2.05, 4.69) is 37.4 Å². The van der Waals surface area contributed by atoms with Crippen LogP contribution in [0.1, 0.15) is 30.0 Å². The van der Waals surface area contributed by atoms with Crippen molar-refractivity contribution in [1.29, 1.82) is 0 Å². The number of benzene rings is 1. The van der Waals surface area contributed by atoms with Gasteiger partial charge in [0.2, 0.25) is 0 Å². The average Bonchev–Trinajstić information content (AvgIpc) is 2.28. The zero-order valence-electron chi connectivity index (χ0n) is 10.8. The average molecular weight is 235 g/mol. The predicted molar refractivity (Wildman–Crippen MR) is 69.0 cm³/mol. The second kappa shape index (κ2) is 6.40. The molecule has 1 unspecified atom stereocenters. The molecule has 0 radical (unpaired) electrons. The van der Waals surface area contributed by atoms with E-state index in [0.29, 0.717) is 13.0 Å². The van der Waals surface area contributed by atoms with Gasteiger partial charge in [0.25, 0.3) is 0 Å². The molecular weight excluding hydrogens is 214 g/mol. The lowest BCUT2D eigenvalue weighted by Crippen LogP contribution is -2.27. The van der Waals surface area contributed by atoms with Crippen molar-refractivity contribution in [1.82, 2.24) is 5.32 Å². The summed E-state index contributed by atoms with van der Waals surface area (Å²) in [6, 6.07) is 6.32. The van der Waals surface area contributed by atoms with Crippen LogP contribution in [0.2, 0.25) is 0 Å². The number of nitrogens with one attached hydrogen (secondary N) is 1. The number of aliphatic carboxylic acids is 1. The van der Waals surface area contributed by atoms with Gasteiger partial charge in [0.05, 0.1) is 5.92 Å². The molecule has 0 spiro atoms. The quantitative estimate of drug-likeness (QED) is 0.796. The fourth-order valence-electron chi connectivity index (χ4n) is 1.71. The molecule has 0 amide bonds. The Morgan fingerprint density at radius 3 is 2.59 bits per heavy atom. The Morgan fingerprint density at radius 1 is 1.35 bits per heavy atom. The molecular formula is C14H21NO2. The van der Waals surface area contributed by atoms with Crippen LogP contribution in [0.25, 0.3) is 0 Å². The third-order valence-electron chi connectivity index (χ3n) is 3.13. The monoisotopic (exact) mass is 235 g/mol. The Morgan fingerprint density at radius 2 is 2.06 bits per heavy atom. The Labute approximate surface area is 103 Å². The van der Waals surface area contributed by atoms with E-state index in [1.807, 2.05) is 6.92 Å². The number of carbonyl (C=O) groups is 1. The molecule has 0 aliphatic heterocycles. The summed E-state index contributed by atoms with van der Waals surface area (Å²) in [5.41, 5.74) is 3.76. The second-order valence-corrected chi connectivity index (χ2v) is 4.49. The summed E-state index contributed by atoms with van der Waals surface area (Å²) in [7, 11) is 0. The van der Waals surface area contributed by atoms with Gasteiger partial charge in [-0.1, -0.05) is 25.1 Å². The number of aryl methyl sites for hydroxylation is 2. The molecule has 0 aliphatic rings. The van der Waals surface area contributed by atoms with Crippen LogP contribution < -0.4 is 5.32 Å². The highest BCUT2D eigenvalue weighted by Crippen LogP contribution is 2.09. The zero-order valence-corrected chi connectivity index (χ0v) is 10.8. The highest BCUT2D eigenvalue weighted by atomic mass is 16.4. The molecule has 2 N–H and O–H groups in total. The molecule has 1 rings (SSSR count). The van der Waals surface area contributed by atoms with Crippen molar-refractivity contribution in [2.75, 3.05) is 6.54 Å². The van der Waals surface area contributed by atoms with E-state index < -0.39 is 5.97 Å². The standard InChI is InChI=1S/C14H21NO2/c1-4-13(14(16)17)9-15-8-12-6-5-10(2)11(3)7-12/h5-7,13,15H,4,8-9H2,1-3H3,(H,16,17). The van der Waals surface area contributed by atoms with Crippen LogP contribution in [0.3, 0.4) is 0 Å². The highest BCUT2D eigenvalue weighted by molar-refractivity contribution is 5.70. The normalized spacial score (nSPS) is 12.4. The van der Waals surface area contributed by atoms with Crippen molar-refractivity contribution >= 4 is 5.97 Å². The van der Waals surface area contributed by atoms with Gasteiger partial charge < -0.3 is 10.4 Å². The molecule has 0 saturated carbocycles. The molecule has 0 heterocycles. The predicted octanol–water partition coefficient (Wildman–Crippen LogP) is 2.50. The Balaban J connectivity index is 2.45. The third-order valence-corrected chi connectivity index (χ3v) is 3.13. The maximum Gasteiger partial charge on any atom is 0.307 e. The Kier molecular flexibility index (Phi) is 5.16. The largest absolute Gasteiger partial charge is 0.481 e. The van der Waals surface area contributed by atoms with Gasteiger partial charge in [-0.2, -0.15) is 0 Å². The number of hydrogen-bond donors (Lipinski definition) is 2. The molecule has 0 aliphatic carbocycles. The molecule has 17 heavy (non-hydrogen) atoms. The maximum atomic E-state index is 10.8. The van der Waals surface area contributed by atoms with Crippen molar-refractivity contribution in [3.8, 4) is 0 Å². The lowest BCUT2D eigenvalue weighted by Gasteiger charge is -2.11. The topological polar surface area (TPSA) is 49.3 Å². The fourth-order valence-corrected chi connectivity index (χ4v) is 1.71. The summed E-state index contributed by atoms with van der Waals surface area (Å²) in [5.74, 6) is -1.01. The van der Waals surface area contributed by atoms with Gasteiger partial charge in [0.15, 0.2) is 0 Å². The van der Waals surface area contributed by atoms with Gasteiger partial charge in [-0.05, 0) is 37.0 Å². The first-order valence-corrected chi connectivity index (χ1v) is 6.04. The van der Waals surface area contributed by atoms with Gasteiger partial charge in [0.1, 0.15) is 0 Å². The molecule has 3 nitrogen and oxygen atoms in total. The Bertz CT molecular complexity index is 388. The second-order valence-electron chi connectivity index (χ2n) is 4.49. The molecule has 0 bridgehead atoms. The van der Waals surface area contributed by atoms with Gasteiger partial charge in [-0.25, -0.2) is 0 Å². The van der Waals surface area contributed by atoms with Crippen molar-refractivity contribution < 1.29 is 9.90 Å². The van der Waals surface area contributed by atoms with E-state index in [4.69, 9.17) is 5.11 Å². The van der Waals surface area contributed by atoms with Crippen molar-refractivity contribution in [2.45, 2.75) is 33.7 Å². The molecule has 1 aromatic rings. The number of hydrogen-bond acceptors (Lipinski definition) is 2. The van der Waals surface area contributed by atoms with Crippen LogP contribution in [0.5, 0.6) is 0 Å². The molecule has 3 heteroatoms. The lowest BCUT2D eigenvalue weighted by molar-refractivity contribution is -0.141. The van der Waals surface area contributed by atoms with E-state index in [9.17, 15) is 4.79 Å². The fraction of sp³-hybridized carbons (Fsp3) is 0.500. The van der Waals surface area contributed by atoms with Crippen LogP contribution in [-0.4, -0.2) is 17.6 Å². The summed E-state index contributed by atoms with van der Waals surface area (Å²) in [5, 5.41) is 12.1. The van der Waals surface area contributed by atoms with Crippen molar-refractivity contribution in [3.63, 3.8) is 0 Å². The maximum absolute atomic E-state index is 10.8. The third kappa shape index (κ3) is 4.19. The minimum Gasteiger partial charge on any atom is -0.481 e. The molecule has 94 valence electrons. The minimum absolute atomic E-state index is 0.290. The summed E-state index contributed by atoms with van der Waals surface area (Å²) >= 11 is 0. The van der Waals surface area contributed by atoms with E-state index in [1.54, 1.807) is 0 Å². The first-order chi connectivity index (χ1) is 8.04. The van der Waals surface area contributed by atoms with Crippen molar-refractivity contribution in [3.05, 3.63) is 34.9 Å². The summed E-state index contributed by atoms with van der Waals surface area (Å²) in [6.07, 6.45) is 0.662. The van der Waals surface area contributed by atoms with E-state index in [0.717, 1.165) is 6.54 Å². The SMILES string of the molecule is CCC(CNCc1ccc(C)c(C)c1)C(=O)O. The zero-order chi connectivity index (χ0) is 12.8. The first-order valence-electron chi connectivity index (χ1n) is 6.04. The molecule has 1 atom stereocenters. The van der Waals surface area contributed by atoms with Gasteiger partial charge in [-0.15, -0.1) is 0 Å². The number of carboxylic acids is 1. The molecule has 0 fully saturated rings. The highest BCUT2D eigenvalue weighted by Gasteiger charge is 2.13. The molecule has 1 aromatic carbocycles. The van der Waals surface area contributed by atoms with Crippen molar-refractivity contribution in [2.24, 2.45) is 5.92 Å². The van der Waals surface area contributed by atoms with Crippen LogP contribution >= 0.6 is 0 Å². The summed E-state index contributed by atoms with van der Waals surface area (Å²) < 4.78 is 0. The number of carboxylic acid groups (broad SMARTS) is 1.